The van der Waals surface area contributed by atoms with Gasteiger partial charge in [-0.15, -0.1) is 0 Å². The second kappa shape index (κ2) is 8.56. The molecule has 3 rings (SSSR count). The van der Waals surface area contributed by atoms with Crippen LogP contribution in [0, 0.1) is 5.92 Å². The number of carbonyl (C=O) groups is 2. The number of aromatic hydroxyl groups is 1. The highest BCUT2D eigenvalue weighted by Crippen LogP contribution is 2.55. The molecule has 0 bridgehead atoms. The summed E-state index contributed by atoms with van der Waals surface area (Å²) in [6.07, 6.45) is 6.28. The molecule has 2 atom stereocenters. The predicted molar refractivity (Wildman–Crippen MR) is 118 cm³/mol. The summed E-state index contributed by atoms with van der Waals surface area (Å²) < 4.78 is 6.37. The maximum Gasteiger partial charge on any atom is 0.331 e. The molecule has 0 saturated heterocycles. The molecule has 1 heterocycles. The van der Waals surface area contributed by atoms with Crippen LogP contribution in [-0.2, 0) is 15.0 Å². The van der Waals surface area contributed by atoms with Crippen molar-refractivity contribution in [2.75, 3.05) is 0 Å². The molecular weight excluding hydrogens is 396 g/mol. The van der Waals surface area contributed by atoms with Crippen LogP contribution in [0.1, 0.15) is 89.7 Å². The van der Waals surface area contributed by atoms with Gasteiger partial charge in [-0.05, 0) is 62.6 Å². The number of phenols is 1. The molecule has 0 amide bonds. The number of aliphatic carboxylic acids is 2. The van der Waals surface area contributed by atoms with E-state index in [-0.39, 0.29) is 29.4 Å². The van der Waals surface area contributed by atoms with Gasteiger partial charge in [-0.25, -0.2) is 4.79 Å². The standard InChI is InChI=1S/C25H34O6/c1-24(2,11-7-5-6-8-21(27)28)16-13-19(26)22-17-12-15(23(29)30)9-10-18(17)25(3,4)31-20(22)14-16/h9,13-14,17-18,26H,5-8,10-12H2,1-4H3,(H,27,28)(H,29,30)/t17-,18?/m1/s1. The van der Waals surface area contributed by atoms with Crippen molar-refractivity contribution in [1.29, 1.82) is 0 Å². The number of ether oxygens (including phenoxy) is 1. The fourth-order valence-corrected chi connectivity index (χ4v) is 5.13. The average molecular weight is 431 g/mol. The van der Waals surface area contributed by atoms with E-state index in [1.807, 2.05) is 19.9 Å². The van der Waals surface area contributed by atoms with Gasteiger partial charge >= 0.3 is 11.9 Å². The highest BCUT2D eigenvalue weighted by atomic mass is 16.5. The zero-order valence-electron chi connectivity index (χ0n) is 18.9. The normalized spacial score (nSPS) is 22.0. The van der Waals surface area contributed by atoms with Gasteiger partial charge < -0.3 is 20.1 Å². The fraction of sp³-hybridized carbons (Fsp3) is 0.600. The van der Waals surface area contributed by atoms with Crippen molar-refractivity contribution in [3.8, 4) is 11.5 Å². The molecule has 1 aliphatic carbocycles. The minimum Gasteiger partial charge on any atom is -0.508 e. The summed E-state index contributed by atoms with van der Waals surface area (Å²) in [4.78, 5) is 22.2. The molecule has 3 N–H and O–H groups in total. The van der Waals surface area contributed by atoms with Crippen LogP contribution in [-0.4, -0.2) is 32.9 Å². The van der Waals surface area contributed by atoms with Crippen molar-refractivity contribution in [1.82, 2.24) is 0 Å². The minimum atomic E-state index is -0.899. The minimum absolute atomic E-state index is 0.0944. The maximum absolute atomic E-state index is 11.6. The first-order valence-corrected chi connectivity index (χ1v) is 11.1. The largest absolute Gasteiger partial charge is 0.508 e. The quantitative estimate of drug-likeness (QED) is 0.478. The van der Waals surface area contributed by atoms with Gasteiger partial charge in [0, 0.05) is 29.4 Å². The van der Waals surface area contributed by atoms with E-state index in [0.717, 1.165) is 30.4 Å². The van der Waals surface area contributed by atoms with Crippen LogP contribution >= 0.6 is 0 Å². The lowest BCUT2D eigenvalue weighted by atomic mass is 9.66. The molecule has 1 unspecified atom stereocenters. The summed E-state index contributed by atoms with van der Waals surface area (Å²) >= 11 is 0. The predicted octanol–water partition coefficient (Wildman–Crippen LogP) is 5.38. The van der Waals surface area contributed by atoms with Crippen molar-refractivity contribution in [3.05, 3.63) is 34.9 Å². The number of carboxylic acids is 2. The van der Waals surface area contributed by atoms with E-state index in [1.54, 1.807) is 12.1 Å². The molecular formula is C25H34O6. The van der Waals surface area contributed by atoms with Gasteiger partial charge in [0.05, 0.1) is 0 Å². The number of hydrogen-bond acceptors (Lipinski definition) is 4. The third-order valence-electron chi connectivity index (χ3n) is 7.05. The van der Waals surface area contributed by atoms with Gasteiger partial charge in [-0.2, -0.15) is 0 Å². The number of benzene rings is 1. The van der Waals surface area contributed by atoms with Crippen LogP contribution in [0.5, 0.6) is 11.5 Å². The molecule has 2 aliphatic rings. The molecule has 0 saturated carbocycles. The molecule has 1 aromatic carbocycles. The summed E-state index contributed by atoms with van der Waals surface area (Å²) in [6, 6.07) is 3.80. The monoisotopic (exact) mass is 430 g/mol. The van der Waals surface area contributed by atoms with E-state index < -0.39 is 17.5 Å². The summed E-state index contributed by atoms with van der Waals surface area (Å²) in [7, 11) is 0. The van der Waals surface area contributed by atoms with Gasteiger partial charge in [0.2, 0.25) is 0 Å². The Morgan fingerprint density at radius 2 is 1.87 bits per heavy atom. The number of fused-ring (bicyclic) bond motifs is 3. The molecule has 0 radical (unpaired) electrons. The summed E-state index contributed by atoms with van der Waals surface area (Å²) in [5.41, 5.74) is 1.41. The highest BCUT2D eigenvalue weighted by molar-refractivity contribution is 5.87. The number of rotatable bonds is 8. The summed E-state index contributed by atoms with van der Waals surface area (Å²) in [6.45, 7) is 8.30. The van der Waals surface area contributed by atoms with Gasteiger partial charge in [0.25, 0.3) is 0 Å². The molecule has 170 valence electrons. The van der Waals surface area contributed by atoms with E-state index in [2.05, 4.69) is 13.8 Å². The first-order chi connectivity index (χ1) is 14.4. The number of unbranched alkanes of at least 4 members (excludes halogenated alkanes) is 2. The number of allylic oxidation sites excluding steroid dienone is 1. The second-order valence-corrected chi connectivity index (χ2v) is 10.1. The van der Waals surface area contributed by atoms with Gasteiger partial charge in [-0.3, -0.25) is 4.79 Å². The van der Waals surface area contributed by atoms with Crippen molar-refractivity contribution in [2.45, 2.75) is 89.6 Å². The summed E-state index contributed by atoms with van der Waals surface area (Å²) in [5, 5.41) is 29.3. The lowest BCUT2D eigenvalue weighted by Gasteiger charge is -2.47. The molecule has 0 spiro atoms. The van der Waals surface area contributed by atoms with Crippen LogP contribution in [0.2, 0.25) is 0 Å². The first-order valence-electron chi connectivity index (χ1n) is 11.1. The topological polar surface area (TPSA) is 104 Å². The zero-order chi connectivity index (χ0) is 23.0. The highest BCUT2D eigenvalue weighted by Gasteiger charge is 2.47. The molecule has 31 heavy (non-hydrogen) atoms. The van der Waals surface area contributed by atoms with Crippen molar-refractivity contribution in [2.24, 2.45) is 5.92 Å². The fourth-order valence-electron chi connectivity index (χ4n) is 5.13. The average Bonchev–Trinajstić information content (AvgIpc) is 2.66. The third-order valence-corrected chi connectivity index (χ3v) is 7.05. The lowest BCUT2D eigenvalue weighted by molar-refractivity contribution is -0.137. The smallest absolute Gasteiger partial charge is 0.331 e. The molecule has 0 fully saturated rings. The Balaban J connectivity index is 1.86. The number of phenolic OH excluding ortho intramolecular Hbond substituents is 1. The Morgan fingerprint density at radius 3 is 2.52 bits per heavy atom. The van der Waals surface area contributed by atoms with E-state index in [1.165, 1.54) is 0 Å². The molecule has 6 heteroatoms. The van der Waals surface area contributed by atoms with E-state index in [4.69, 9.17) is 9.84 Å². The Kier molecular flexibility index (Phi) is 6.40. The number of hydrogen-bond donors (Lipinski definition) is 3. The SMILES string of the molecule is CC(C)(CCCCCC(=O)O)c1cc(O)c2c(c1)OC(C)(C)C1CC=C(C(=O)O)C[C@@H]21. The first kappa shape index (κ1) is 23.2. The Labute approximate surface area is 183 Å². The van der Waals surface area contributed by atoms with Crippen LogP contribution in [0.3, 0.4) is 0 Å². The van der Waals surface area contributed by atoms with Gasteiger partial charge in [-0.1, -0.05) is 32.8 Å². The van der Waals surface area contributed by atoms with E-state index in [9.17, 15) is 19.8 Å². The van der Waals surface area contributed by atoms with Crippen LogP contribution in [0.15, 0.2) is 23.8 Å². The van der Waals surface area contributed by atoms with Crippen molar-refractivity contribution in [3.63, 3.8) is 0 Å². The van der Waals surface area contributed by atoms with Crippen molar-refractivity contribution >= 4 is 11.9 Å². The van der Waals surface area contributed by atoms with E-state index >= 15 is 0 Å². The van der Waals surface area contributed by atoms with Crippen LogP contribution in [0.4, 0.5) is 0 Å². The Bertz CT molecular complexity index is 896. The second-order valence-electron chi connectivity index (χ2n) is 10.1. The van der Waals surface area contributed by atoms with Crippen LogP contribution in [0.25, 0.3) is 0 Å². The lowest BCUT2D eigenvalue weighted by Crippen LogP contribution is -2.46. The Hall–Kier alpha value is -2.50. The third kappa shape index (κ3) is 4.89. The maximum atomic E-state index is 11.6. The molecule has 1 aromatic rings. The molecule has 0 aromatic heterocycles. The zero-order valence-corrected chi connectivity index (χ0v) is 18.9. The van der Waals surface area contributed by atoms with Crippen LogP contribution < -0.4 is 4.74 Å². The van der Waals surface area contributed by atoms with Gasteiger partial charge in [0.1, 0.15) is 17.1 Å². The summed E-state index contributed by atoms with van der Waals surface area (Å²) in [5.74, 6) is -0.842. The molecule has 1 aliphatic heterocycles. The Morgan fingerprint density at radius 1 is 1.16 bits per heavy atom. The van der Waals surface area contributed by atoms with Crippen molar-refractivity contribution < 1.29 is 29.6 Å². The van der Waals surface area contributed by atoms with Gasteiger partial charge in [0.15, 0.2) is 0 Å². The number of carboxylic acid groups (broad SMARTS) is 2. The molecule has 6 nitrogen and oxygen atoms in total. The van der Waals surface area contributed by atoms with E-state index in [0.29, 0.717) is 30.6 Å².